The summed E-state index contributed by atoms with van der Waals surface area (Å²) in [7, 11) is -4.40. The van der Waals surface area contributed by atoms with Crippen LogP contribution in [0.15, 0.2) is 11.9 Å². The summed E-state index contributed by atoms with van der Waals surface area (Å²) in [4.78, 5) is 27.3. The van der Waals surface area contributed by atoms with E-state index in [4.69, 9.17) is 15.0 Å². The van der Waals surface area contributed by atoms with Gasteiger partial charge in [0.05, 0.1) is 11.9 Å². The second-order valence-electron chi connectivity index (χ2n) is 2.19. The van der Waals surface area contributed by atoms with Crippen LogP contribution >= 0.6 is 7.60 Å². The van der Waals surface area contributed by atoms with Crippen LogP contribution in [0.1, 0.15) is 6.92 Å². The molecule has 0 saturated carbocycles. The van der Waals surface area contributed by atoms with Crippen molar-refractivity contribution in [3.8, 4) is 0 Å². The number of rotatable bonds is 3. The van der Waals surface area contributed by atoms with Crippen LogP contribution in [-0.4, -0.2) is 32.5 Å². The van der Waals surface area contributed by atoms with E-state index in [1.165, 1.54) is 0 Å². The summed E-state index contributed by atoms with van der Waals surface area (Å²) in [5.41, 5.74) is 0. The second kappa shape index (κ2) is 3.82. The van der Waals surface area contributed by atoms with Gasteiger partial charge in [0.2, 0.25) is 5.91 Å². The molecule has 0 spiro atoms. The molecule has 0 radical (unpaired) electrons. The van der Waals surface area contributed by atoms with Gasteiger partial charge < -0.3 is 9.79 Å². The first kappa shape index (κ1) is 11.3. The molecule has 70 valence electrons. The third-order valence-electron chi connectivity index (χ3n) is 1.11. The predicted molar refractivity (Wildman–Crippen MR) is 40.4 cm³/mol. The first-order valence-corrected chi connectivity index (χ1v) is 4.57. The molecule has 0 aliphatic rings. The minimum absolute atomic E-state index is 0.182. The Balaban J connectivity index is 4.21. The van der Waals surface area contributed by atoms with Crippen LogP contribution in [0.3, 0.4) is 0 Å². The van der Waals surface area contributed by atoms with Crippen molar-refractivity contribution in [3.63, 3.8) is 0 Å². The highest BCUT2D eigenvalue weighted by Gasteiger charge is 2.21. The van der Waals surface area contributed by atoms with Crippen molar-refractivity contribution in [2.45, 2.75) is 6.92 Å². The third-order valence-corrected chi connectivity index (χ3v) is 2.07. The molecule has 0 aliphatic carbocycles. The van der Waals surface area contributed by atoms with Gasteiger partial charge in [0.1, 0.15) is 0 Å². The lowest BCUT2D eigenvalue weighted by Gasteiger charge is -2.14. The fraction of sp³-hybridized carbons (Fsp3) is 0.400. The highest BCUT2D eigenvalue weighted by atomic mass is 31.2. The molecule has 3 N–H and O–H groups in total. The van der Waals surface area contributed by atoms with Crippen molar-refractivity contribution >= 4 is 13.5 Å². The highest BCUT2D eigenvalue weighted by Crippen LogP contribution is 2.43. The average molecular weight is 195 g/mol. The van der Waals surface area contributed by atoms with Gasteiger partial charge in [-0.2, -0.15) is 0 Å². The molecule has 12 heavy (non-hydrogen) atoms. The van der Waals surface area contributed by atoms with Crippen molar-refractivity contribution in [2.75, 3.05) is 6.54 Å². The fourth-order valence-corrected chi connectivity index (χ4v) is 0.695. The number of hydrogen-bond donors (Lipinski definition) is 3. The van der Waals surface area contributed by atoms with Gasteiger partial charge >= 0.3 is 7.60 Å². The lowest BCUT2D eigenvalue weighted by atomic mass is 10.5. The van der Waals surface area contributed by atoms with Crippen LogP contribution in [0.25, 0.3) is 0 Å². The first-order valence-electron chi connectivity index (χ1n) is 2.96. The Morgan fingerprint density at radius 2 is 2.00 bits per heavy atom. The van der Waals surface area contributed by atoms with Crippen molar-refractivity contribution in [1.82, 2.24) is 5.06 Å². The average Bonchev–Trinajstić information content (AvgIpc) is 1.85. The van der Waals surface area contributed by atoms with E-state index in [9.17, 15) is 9.36 Å². The first-order chi connectivity index (χ1) is 5.25. The Bertz CT molecular complexity index is 244. The molecular weight excluding hydrogens is 185 g/mol. The Kier molecular flexibility index (Phi) is 3.60. The van der Waals surface area contributed by atoms with Crippen LogP contribution in [0, 0.1) is 0 Å². The van der Waals surface area contributed by atoms with Crippen molar-refractivity contribution < 1.29 is 24.4 Å². The summed E-state index contributed by atoms with van der Waals surface area (Å²) in [5.74, 6) is -0.704. The zero-order valence-electron chi connectivity index (χ0n) is 6.47. The minimum Gasteiger partial charge on any atom is -0.321 e. The number of carbonyl (C=O) groups excluding carboxylic acids is 1. The molecule has 0 aromatic heterocycles. The zero-order valence-corrected chi connectivity index (χ0v) is 7.36. The van der Waals surface area contributed by atoms with E-state index in [-0.39, 0.29) is 5.06 Å². The number of nitrogens with zero attached hydrogens (tertiary/aromatic N) is 1. The summed E-state index contributed by atoms with van der Waals surface area (Å²) in [6.45, 7) is 3.54. The van der Waals surface area contributed by atoms with Gasteiger partial charge in [-0.05, 0) is 0 Å². The molecule has 0 aliphatic heterocycles. The normalized spacial score (nSPS) is 11.0. The SMILES string of the molecule is C=C(CN(O)C(C)=O)P(=O)(O)O. The van der Waals surface area contributed by atoms with Crippen LogP contribution < -0.4 is 0 Å². The number of amides is 1. The van der Waals surface area contributed by atoms with Gasteiger partial charge in [-0.25, -0.2) is 5.06 Å². The molecule has 0 fully saturated rings. The number of hydrogen-bond acceptors (Lipinski definition) is 3. The maximum Gasteiger partial charge on any atom is 0.353 e. The second-order valence-corrected chi connectivity index (χ2v) is 3.91. The Hall–Kier alpha value is -0.680. The molecule has 0 saturated heterocycles. The lowest BCUT2D eigenvalue weighted by molar-refractivity contribution is -0.160. The van der Waals surface area contributed by atoms with Crippen molar-refractivity contribution in [3.05, 3.63) is 11.9 Å². The summed E-state index contributed by atoms with van der Waals surface area (Å²) in [6, 6.07) is 0. The number of hydroxylamine groups is 2. The van der Waals surface area contributed by atoms with Crippen molar-refractivity contribution in [1.29, 1.82) is 0 Å². The maximum atomic E-state index is 10.4. The molecule has 6 nitrogen and oxygen atoms in total. The molecule has 0 bridgehead atoms. The quantitative estimate of drug-likeness (QED) is 0.332. The summed E-state index contributed by atoms with van der Waals surface area (Å²) >= 11 is 0. The van der Waals surface area contributed by atoms with Gasteiger partial charge in [-0.1, -0.05) is 6.58 Å². The topological polar surface area (TPSA) is 98.1 Å². The largest absolute Gasteiger partial charge is 0.353 e. The molecule has 7 heteroatoms. The lowest BCUT2D eigenvalue weighted by Crippen LogP contribution is -2.26. The molecule has 0 rings (SSSR count). The van der Waals surface area contributed by atoms with Gasteiger partial charge in [0.15, 0.2) is 0 Å². The third kappa shape index (κ3) is 3.64. The van der Waals surface area contributed by atoms with Crippen molar-refractivity contribution in [2.24, 2.45) is 0 Å². The maximum absolute atomic E-state index is 10.4. The van der Waals surface area contributed by atoms with Gasteiger partial charge in [0, 0.05) is 6.92 Å². The van der Waals surface area contributed by atoms with E-state index < -0.39 is 25.4 Å². The van der Waals surface area contributed by atoms with E-state index in [1.807, 2.05) is 0 Å². The van der Waals surface area contributed by atoms with Crippen LogP contribution in [0.5, 0.6) is 0 Å². The minimum atomic E-state index is -4.40. The molecule has 0 unspecified atom stereocenters. The molecule has 1 amide bonds. The smallest absolute Gasteiger partial charge is 0.321 e. The summed E-state index contributed by atoms with van der Waals surface area (Å²) < 4.78 is 10.4. The summed E-state index contributed by atoms with van der Waals surface area (Å²) in [5, 5.41) is 8.42. The highest BCUT2D eigenvalue weighted by molar-refractivity contribution is 7.56. The van der Waals surface area contributed by atoms with E-state index in [0.717, 1.165) is 6.92 Å². The van der Waals surface area contributed by atoms with Gasteiger partial charge in [0.25, 0.3) is 0 Å². The van der Waals surface area contributed by atoms with E-state index in [0.29, 0.717) is 0 Å². The fourth-order valence-electron chi connectivity index (χ4n) is 0.376. The molecule has 0 aromatic carbocycles. The van der Waals surface area contributed by atoms with Gasteiger partial charge in [-0.15, -0.1) is 0 Å². The van der Waals surface area contributed by atoms with Crippen LogP contribution in [0.4, 0.5) is 0 Å². The standard InChI is InChI=1S/C5H10NO5P/c1-4(12(9,10)11)3-6(8)5(2)7/h8H,1,3H2,2H3,(H2,9,10,11). The molecule has 0 heterocycles. The molecular formula is C5H10NO5P. The van der Waals surface area contributed by atoms with Crippen LogP contribution in [-0.2, 0) is 9.36 Å². The van der Waals surface area contributed by atoms with Gasteiger partial charge in [-0.3, -0.25) is 14.6 Å². The Morgan fingerprint density at radius 3 is 2.25 bits per heavy atom. The Morgan fingerprint density at radius 1 is 1.58 bits per heavy atom. The summed E-state index contributed by atoms with van der Waals surface area (Å²) in [6.07, 6.45) is 0. The van der Waals surface area contributed by atoms with Crippen LogP contribution in [0.2, 0.25) is 0 Å². The number of carbonyl (C=O) groups is 1. The van der Waals surface area contributed by atoms with E-state index in [2.05, 4.69) is 6.58 Å². The zero-order chi connectivity index (χ0) is 9.94. The predicted octanol–water partition coefficient (Wildman–Crippen LogP) is -0.0845. The Labute approximate surface area is 69.2 Å². The monoisotopic (exact) mass is 195 g/mol. The van der Waals surface area contributed by atoms with E-state index >= 15 is 0 Å². The van der Waals surface area contributed by atoms with E-state index in [1.54, 1.807) is 0 Å². The molecule has 0 aromatic rings. The molecule has 0 atom stereocenters.